The Morgan fingerprint density at radius 3 is 2.30 bits per heavy atom. The number of amides is 2. The molecule has 3 heterocycles. The number of nitrogens with zero attached hydrogens (tertiary/aromatic N) is 4. The summed E-state index contributed by atoms with van der Waals surface area (Å²) in [6.45, 7) is 6.10. The molecule has 0 saturated carbocycles. The van der Waals surface area contributed by atoms with Gasteiger partial charge in [0.2, 0.25) is 11.8 Å². The van der Waals surface area contributed by atoms with E-state index in [1.165, 1.54) is 0 Å². The molecule has 1 aliphatic rings. The number of aromatic nitrogens is 3. The zero-order valence-corrected chi connectivity index (χ0v) is 19.3. The summed E-state index contributed by atoms with van der Waals surface area (Å²) in [6.07, 6.45) is 4.11. The number of para-hydroxylation sites is 2. The average Bonchev–Trinajstić information content (AvgIpc) is 3.10. The minimum absolute atomic E-state index is 0.0216. The Hall–Kier alpha value is -3.42. The molecular weight excluding hydrogens is 418 g/mol. The van der Waals surface area contributed by atoms with Crippen LogP contribution in [0.15, 0.2) is 47.4 Å². The Morgan fingerprint density at radius 2 is 1.70 bits per heavy atom. The first-order valence-corrected chi connectivity index (χ1v) is 11.7. The minimum Gasteiger partial charge on any atom is -0.343 e. The molecule has 0 unspecified atom stereocenters. The summed E-state index contributed by atoms with van der Waals surface area (Å²) < 4.78 is 3.49. The summed E-state index contributed by atoms with van der Waals surface area (Å²) in [4.78, 5) is 44.3. The first-order chi connectivity index (χ1) is 16.0. The van der Waals surface area contributed by atoms with Gasteiger partial charge in [0.05, 0.1) is 11.0 Å². The molecule has 1 N–H and O–H groups in total. The summed E-state index contributed by atoms with van der Waals surface area (Å²) in [7, 11) is 0. The summed E-state index contributed by atoms with van der Waals surface area (Å²) >= 11 is 0. The van der Waals surface area contributed by atoms with Crippen LogP contribution in [0.25, 0.3) is 11.0 Å². The number of carbonyl (C=O) groups excluding carboxylic acids is 2. The molecule has 0 bridgehead atoms. The molecule has 0 aliphatic carbocycles. The van der Waals surface area contributed by atoms with Crippen molar-refractivity contribution in [1.82, 2.24) is 19.0 Å². The third kappa shape index (κ3) is 4.99. The fourth-order valence-corrected chi connectivity index (χ4v) is 4.45. The van der Waals surface area contributed by atoms with Crippen LogP contribution in [-0.4, -0.2) is 43.9 Å². The van der Waals surface area contributed by atoms with Gasteiger partial charge in [0, 0.05) is 44.7 Å². The number of pyridine rings is 1. The highest BCUT2D eigenvalue weighted by molar-refractivity contribution is 5.91. The van der Waals surface area contributed by atoms with Crippen LogP contribution >= 0.6 is 0 Å². The molecule has 33 heavy (non-hydrogen) atoms. The monoisotopic (exact) mass is 449 g/mol. The molecule has 0 spiro atoms. The highest BCUT2D eigenvalue weighted by Gasteiger charge is 2.27. The third-order valence-electron chi connectivity index (χ3n) is 6.30. The number of nitrogens with one attached hydrogen (secondary N) is 1. The van der Waals surface area contributed by atoms with E-state index in [1.807, 2.05) is 49.1 Å². The van der Waals surface area contributed by atoms with E-state index in [0.717, 1.165) is 23.0 Å². The van der Waals surface area contributed by atoms with Crippen molar-refractivity contribution < 1.29 is 9.59 Å². The van der Waals surface area contributed by atoms with Crippen molar-refractivity contribution in [3.05, 3.63) is 58.6 Å². The number of likely N-dealkylation sites (tertiary alicyclic amines) is 1. The summed E-state index contributed by atoms with van der Waals surface area (Å²) in [6, 6.07) is 11.4. The fourth-order valence-electron chi connectivity index (χ4n) is 4.45. The van der Waals surface area contributed by atoms with Crippen LogP contribution in [0.4, 0.5) is 5.82 Å². The smallest absolute Gasteiger partial charge is 0.329 e. The molecule has 0 atom stereocenters. The molecule has 0 radical (unpaired) electrons. The molecular formula is C25H31N5O3. The van der Waals surface area contributed by atoms with E-state index in [4.69, 9.17) is 0 Å². The van der Waals surface area contributed by atoms with E-state index in [9.17, 15) is 14.4 Å². The van der Waals surface area contributed by atoms with Gasteiger partial charge >= 0.3 is 5.69 Å². The van der Waals surface area contributed by atoms with Gasteiger partial charge in [-0.2, -0.15) is 0 Å². The molecule has 3 aromatic rings. The summed E-state index contributed by atoms with van der Waals surface area (Å²) in [5.74, 6) is 0.394. The van der Waals surface area contributed by atoms with Gasteiger partial charge in [-0.05, 0) is 49.9 Å². The molecule has 4 rings (SSSR count). The van der Waals surface area contributed by atoms with Crippen molar-refractivity contribution in [2.24, 2.45) is 5.92 Å². The predicted octanol–water partition coefficient (Wildman–Crippen LogP) is 3.18. The predicted molar refractivity (Wildman–Crippen MR) is 128 cm³/mol. The van der Waals surface area contributed by atoms with Crippen LogP contribution in [0, 0.1) is 12.8 Å². The molecule has 1 saturated heterocycles. The van der Waals surface area contributed by atoms with Gasteiger partial charge in [-0.1, -0.05) is 25.1 Å². The quantitative estimate of drug-likeness (QED) is 0.600. The Labute approximate surface area is 193 Å². The van der Waals surface area contributed by atoms with Gasteiger partial charge in [-0.15, -0.1) is 0 Å². The fraction of sp³-hybridized carbons (Fsp3) is 0.440. The number of rotatable bonds is 7. The van der Waals surface area contributed by atoms with Crippen LogP contribution in [0.3, 0.4) is 0 Å². The van der Waals surface area contributed by atoms with Crippen molar-refractivity contribution in [3.63, 3.8) is 0 Å². The maximum Gasteiger partial charge on any atom is 0.329 e. The van der Waals surface area contributed by atoms with E-state index in [2.05, 4.69) is 10.3 Å². The van der Waals surface area contributed by atoms with Crippen LogP contribution in [-0.2, 0) is 22.7 Å². The molecule has 2 amide bonds. The van der Waals surface area contributed by atoms with E-state index in [1.54, 1.807) is 21.4 Å². The number of fused-ring (bicyclic) bond motifs is 1. The molecule has 1 fully saturated rings. The Balaban J connectivity index is 1.33. The number of imidazole rings is 1. The van der Waals surface area contributed by atoms with Crippen LogP contribution in [0.5, 0.6) is 0 Å². The maximum absolute atomic E-state index is 12.9. The molecule has 8 nitrogen and oxygen atoms in total. The first kappa shape index (κ1) is 22.8. The second-order valence-electron chi connectivity index (χ2n) is 8.69. The Morgan fingerprint density at radius 1 is 1.03 bits per heavy atom. The summed E-state index contributed by atoms with van der Waals surface area (Å²) in [5.41, 5.74) is 2.75. The van der Waals surface area contributed by atoms with E-state index in [0.29, 0.717) is 44.8 Å². The van der Waals surface area contributed by atoms with Gasteiger partial charge in [0.1, 0.15) is 5.82 Å². The highest BCUT2D eigenvalue weighted by Crippen LogP contribution is 2.20. The number of aryl methyl sites for hydroxylation is 3. The SMILES string of the molecule is CCCn1c(=O)n(CCC(=O)N2CCC(C(=O)Nc3ccc(C)cn3)CC2)c2ccccc21. The van der Waals surface area contributed by atoms with Crippen LogP contribution < -0.4 is 11.0 Å². The number of piperidine rings is 1. The zero-order chi connectivity index (χ0) is 23.4. The Bertz CT molecular complexity index is 1190. The molecule has 174 valence electrons. The van der Waals surface area contributed by atoms with E-state index in [-0.39, 0.29) is 29.8 Å². The largest absolute Gasteiger partial charge is 0.343 e. The average molecular weight is 450 g/mol. The molecule has 2 aromatic heterocycles. The van der Waals surface area contributed by atoms with E-state index < -0.39 is 0 Å². The van der Waals surface area contributed by atoms with Gasteiger partial charge in [0.25, 0.3) is 0 Å². The highest BCUT2D eigenvalue weighted by atomic mass is 16.2. The normalized spacial score (nSPS) is 14.5. The number of hydrogen-bond donors (Lipinski definition) is 1. The van der Waals surface area contributed by atoms with Crippen molar-refractivity contribution in [3.8, 4) is 0 Å². The maximum atomic E-state index is 12.9. The van der Waals surface area contributed by atoms with E-state index >= 15 is 0 Å². The van der Waals surface area contributed by atoms with Gasteiger partial charge < -0.3 is 10.2 Å². The Kier molecular flexibility index (Phi) is 6.91. The van der Waals surface area contributed by atoms with Gasteiger partial charge in [-0.3, -0.25) is 18.7 Å². The van der Waals surface area contributed by atoms with Crippen LogP contribution in [0.1, 0.15) is 38.2 Å². The topological polar surface area (TPSA) is 89.2 Å². The lowest BCUT2D eigenvalue weighted by atomic mass is 9.95. The van der Waals surface area contributed by atoms with Crippen molar-refractivity contribution in [2.75, 3.05) is 18.4 Å². The number of hydrogen-bond acceptors (Lipinski definition) is 4. The second-order valence-corrected chi connectivity index (χ2v) is 8.69. The number of carbonyl (C=O) groups is 2. The van der Waals surface area contributed by atoms with Gasteiger partial charge in [-0.25, -0.2) is 9.78 Å². The number of anilines is 1. The second kappa shape index (κ2) is 10.0. The first-order valence-electron chi connectivity index (χ1n) is 11.7. The lowest BCUT2D eigenvalue weighted by Crippen LogP contribution is -2.42. The molecule has 1 aliphatic heterocycles. The third-order valence-corrected chi connectivity index (χ3v) is 6.30. The van der Waals surface area contributed by atoms with Gasteiger partial charge in [0.15, 0.2) is 0 Å². The zero-order valence-electron chi connectivity index (χ0n) is 19.3. The minimum atomic E-state index is -0.133. The lowest BCUT2D eigenvalue weighted by Gasteiger charge is -2.31. The molecule has 1 aromatic carbocycles. The van der Waals surface area contributed by atoms with Crippen molar-refractivity contribution in [1.29, 1.82) is 0 Å². The van der Waals surface area contributed by atoms with Crippen molar-refractivity contribution >= 4 is 28.7 Å². The molecule has 8 heteroatoms. The van der Waals surface area contributed by atoms with Crippen LogP contribution in [0.2, 0.25) is 0 Å². The van der Waals surface area contributed by atoms with Crippen molar-refractivity contribution in [2.45, 2.75) is 52.6 Å². The lowest BCUT2D eigenvalue weighted by molar-refractivity contribution is -0.134. The number of benzene rings is 1. The standard InChI is InChI=1S/C25H31N5O3/c1-3-13-29-20-6-4-5-7-21(20)30(25(29)33)16-12-23(31)28-14-10-19(11-15-28)24(32)27-22-9-8-18(2)17-26-22/h4-9,17,19H,3,10-16H2,1-2H3,(H,26,27,32). The summed E-state index contributed by atoms with van der Waals surface area (Å²) in [5, 5.41) is 2.87.